The van der Waals surface area contributed by atoms with E-state index in [4.69, 9.17) is 4.74 Å². The summed E-state index contributed by atoms with van der Waals surface area (Å²) in [7, 11) is 0. The molecule has 0 bridgehead atoms. The molecule has 2 rings (SSSR count). The quantitative estimate of drug-likeness (QED) is 0.474. The first-order valence-electron chi connectivity index (χ1n) is 9.71. The van der Waals surface area contributed by atoms with E-state index in [1.54, 1.807) is 0 Å². The summed E-state index contributed by atoms with van der Waals surface area (Å²) < 4.78 is 5.19. The van der Waals surface area contributed by atoms with Gasteiger partial charge in [-0.05, 0) is 77.1 Å². The van der Waals surface area contributed by atoms with Crippen molar-refractivity contribution in [3.05, 3.63) is 52.1 Å². The normalized spacial score (nSPS) is 10.8. The lowest BCUT2D eigenvalue weighted by Gasteiger charge is -2.22. The molecule has 0 saturated heterocycles. The molecule has 140 valence electrons. The number of carboxylic acid groups (broad SMARTS) is 1. The maximum absolute atomic E-state index is 11.2. The molecule has 2 aromatic carbocycles. The highest BCUT2D eigenvalue weighted by Crippen LogP contribution is 2.38. The van der Waals surface area contributed by atoms with Crippen LogP contribution >= 0.6 is 0 Å². The minimum atomic E-state index is -1.25. The first kappa shape index (κ1) is 20.0. The maximum Gasteiger partial charge on any atom is 0.511 e. The SMILES string of the molecule is CCc1cccc(-c2cc(OC(=O)O)c(CC)c(CC)c2CC)c1CC. The van der Waals surface area contributed by atoms with Gasteiger partial charge in [-0.2, -0.15) is 0 Å². The van der Waals surface area contributed by atoms with E-state index in [1.807, 2.05) is 6.07 Å². The highest BCUT2D eigenvalue weighted by Gasteiger charge is 2.20. The van der Waals surface area contributed by atoms with Crippen LogP contribution in [-0.4, -0.2) is 11.3 Å². The van der Waals surface area contributed by atoms with Gasteiger partial charge in [0, 0.05) is 0 Å². The highest BCUT2D eigenvalue weighted by molar-refractivity contribution is 5.77. The molecular formula is C23H30O3. The average molecular weight is 354 g/mol. The molecule has 2 aromatic rings. The molecule has 0 saturated carbocycles. The van der Waals surface area contributed by atoms with E-state index in [-0.39, 0.29) is 0 Å². The smallest absolute Gasteiger partial charge is 0.449 e. The summed E-state index contributed by atoms with van der Waals surface area (Å²) in [6, 6.07) is 8.38. The Bertz CT molecular complexity index is 791. The van der Waals surface area contributed by atoms with E-state index in [2.05, 4.69) is 52.8 Å². The Balaban J connectivity index is 2.86. The number of hydrogen-bond acceptors (Lipinski definition) is 2. The summed E-state index contributed by atoms with van der Waals surface area (Å²) in [6.07, 6.45) is 3.23. The van der Waals surface area contributed by atoms with Gasteiger partial charge in [0.2, 0.25) is 0 Å². The van der Waals surface area contributed by atoms with Crippen LogP contribution < -0.4 is 4.74 Å². The largest absolute Gasteiger partial charge is 0.511 e. The topological polar surface area (TPSA) is 46.5 Å². The molecule has 0 aliphatic rings. The summed E-state index contributed by atoms with van der Waals surface area (Å²) >= 11 is 0. The van der Waals surface area contributed by atoms with Crippen molar-refractivity contribution in [2.24, 2.45) is 0 Å². The minimum absolute atomic E-state index is 0.480. The molecule has 26 heavy (non-hydrogen) atoms. The van der Waals surface area contributed by atoms with Crippen molar-refractivity contribution in [3.63, 3.8) is 0 Å². The fourth-order valence-electron chi connectivity index (χ4n) is 4.08. The molecule has 0 unspecified atom stereocenters. The Morgan fingerprint density at radius 1 is 0.808 bits per heavy atom. The van der Waals surface area contributed by atoms with Crippen LogP contribution in [0.25, 0.3) is 11.1 Å². The fraction of sp³-hybridized carbons (Fsp3) is 0.435. The minimum Gasteiger partial charge on any atom is -0.449 e. The number of aryl methyl sites for hydroxylation is 1. The molecule has 0 heterocycles. The summed E-state index contributed by atoms with van der Waals surface area (Å²) in [5.41, 5.74) is 8.57. The number of ether oxygens (including phenoxy) is 1. The lowest BCUT2D eigenvalue weighted by Crippen LogP contribution is -2.10. The van der Waals surface area contributed by atoms with E-state index in [9.17, 15) is 9.90 Å². The Morgan fingerprint density at radius 2 is 1.42 bits per heavy atom. The van der Waals surface area contributed by atoms with Gasteiger partial charge in [0.1, 0.15) is 5.75 Å². The third-order valence-electron chi connectivity index (χ3n) is 5.18. The van der Waals surface area contributed by atoms with E-state index >= 15 is 0 Å². The summed E-state index contributed by atoms with van der Waals surface area (Å²) in [5, 5.41) is 9.20. The number of hydrogen-bond donors (Lipinski definition) is 1. The Morgan fingerprint density at radius 3 is 1.92 bits per heavy atom. The maximum atomic E-state index is 11.2. The van der Waals surface area contributed by atoms with Crippen molar-refractivity contribution in [1.82, 2.24) is 0 Å². The molecule has 0 aliphatic heterocycles. The first-order valence-corrected chi connectivity index (χ1v) is 9.71. The van der Waals surface area contributed by atoms with Gasteiger partial charge in [-0.1, -0.05) is 52.8 Å². The molecule has 0 amide bonds. The zero-order valence-electron chi connectivity index (χ0n) is 16.6. The molecule has 0 fully saturated rings. The average Bonchev–Trinajstić information content (AvgIpc) is 2.65. The van der Waals surface area contributed by atoms with Crippen LogP contribution in [0, 0.1) is 0 Å². The van der Waals surface area contributed by atoms with Crippen LogP contribution in [0.1, 0.15) is 62.4 Å². The molecule has 0 atom stereocenters. The lowest BCUT2D eigenvalue weighted by molar-refractivity contribution is 0.144. The van der Waals surface area contributed by atoms with Crippen molar-refractivity contribution >= 4 is 6.16 Å². The van der Waals surface area contributed by atoms with Gasteiger partial charge < -0.3 is 9.84 Å². The van der Waals surface area contributed by atoms with Crippen molar-refractivity contribution in [2.45, 2.75) is 66.7 Å². The van der Waals surface area contributed by atoms with Gasteiger partial charge in [-0.15, -0.1) is 0 Å². The second-order valence-corrected chi connectivity index (χ2v) is 6.44. The monoisotopic (exact) mass is 354 g/mol. The van der Waals surface area contributed by atoms with Crippen LogP contribution in [0.5, 0.6) is 5.75 Å². The van der Waals surface area contributed by atoms with E-state index in [0.717, 1.165) is 43.2 Å². The van der Waals surface area contributed by atoms with Crippen molar-refractivity contribution in [1.29, 1.82) is 0 Å². The van der Waals surface area contributed by atoms with Crippen LogP contribution in [0.3, 0.4) is 0 Å². The van der Waals surface area contributed by atoms with Crippen molar-refractivity contribution in [3.8, 4) is 16.9 Å². The fourth-order valence-corrected chi connectivity index (χ4v) is 4.08. The Hall–Kier alpha value is -2.29. The standard InChI is InChI=1S/C23H30O3/c1-6-15-12-11-13-20(16(15)7-2)21-14-22(26-23(24)25)19(10-5)17(8-3)18(21)9-4/h11-14H,6-10H2,1-5H3,(H,24,25). The molecule has 0 aliphatic carbocycles. The van der Waals surface area contributed by atoms with Crippen LogP contribution in [0.4, 0.5) is 4.79 Å². The van der Waals surface area contributed by atoms with E-state index in [1.165, 1.54) is 27.8 Å². The molecule has 0 radical (unpaired) electrons. The third kappa shape index (κ3) is 3.77. The highest BCUT2D eigenvalue weighted by atomic mass is 16.7. The zero-order valence-corrected chi connectivity index (χ0v) is 16.6. The molecule has 1 N–H and O–H groups in total. The van der Waals surface area contributed by atoms with Crippen molar-refractivity contribution < 1.29 is 14.6 Å². The van der Waals surface area contributed by atoms with Crippen LogP contribution in [-0.2, 0) is 32.1 Å². The zero-order chi connectivity index (χ0) is 19.3. The Labute approximate surface area is 157 Å². The third-order valence-corrected chi connectivity index (χ3v) is 5.18. The van der Waals surface area contributed by atoms with Gasteiger partial charge in [-0.25, -0.2) is 4.79 Å². The molecule has 3 heteroatoms. The second kappa shape index (κ2) is 8.88. The molecule has 3 nitrogen and oxygen atoms in total. The van der Waals surface area contributed by atoms with E-state index < -0.39 is 6.16 Å². The van der Waals surface area contributed by atoms with Gasteiger partial charge in [0.25, 0.3) is 0 Å². The predicted octanol–water partition coefficient (Wildman–Crippen LogP) is 6.22. The molecule has 0 aromatic heterocycles. The van der Waals surface area contributed by atoms with Crippen LogP contribution in [0.15, 0.2) is 24.3 Å². The van der Waals surface area contributed by atoms with Crippen molar-refractivity contribution in [2.75, 3.05) is 0 Å². The van der Waals surface area contributed by atoms with Gasteiger partial charge in [0.15, 0.2) is 0 Å². The predicted molar refractivity (Wildman–Crippen MR) is 107 cm³/mol. The van der Waals surface area contributed by atoms with Gasteiger partial charge in [-0.3, -0.25) is 0 Å². The summed E-state index contributed by atoms with van der Waals surface area (Å²) in [4.78, 5) is 11.2. The molecule has 0 spiro atoms. The van der Waals surface area contributed by atoms with Gasteiger partial charge in [0.05, 0.1) is 0 Å². The Kier molecular flexibility index (Phi) is 6.84. The lowest BCUT2D eigenvalue weighted by atomic mass is 9.84. The number of rotatable bonds is 7. The summed E-state index contributed by atoms with van der Waals surface area (Å²) in [5.74, 6) is 0.480. The van der Waals surface area contributed by atoms with Crippen LogP contribution in [0.2, 0.25) is 0 Å². The number of carbonyl (C=O) groups is 1. The van der Waals surface area contributed by atoms with E-state index in [0.29, 0.717) is 5.75 Å². The molecular weight excluding hydrogens is 324 g/mol. The number of benzene rings is 2. The second-order valence-electron chi connectivity index (χ2n) is 6.44. The summed E-state index contributed by atoms with van der Waals surface area (Å²) in [6.45, 7) is 10.7. The first-order chi connectivity index (χ1) is 12.5. The van der Waals surface area contributed by atoms with Gasteiger partial charge >= 0.3 is 6.16 Å².